The SMILES string of the molecule is [Cl][Ti+]([Cl])[Cl].c1ccc([N-]Cc2ccccn2)cc1. The quantitative estimate of drug-likeness (QED) is 0.693. The smallest absolute Gasteiger partial charge is 0.0270 e. The molecule has 0 saturated carbocycles. The summed E-state index contributed by atoms with van der Waals surface area (Å²) in [5, 5.41) is 4.41. The van der Waals surface area contributed by atoms with Gasteiger partial charge in [0.2, 0.25) is 0 Å². The second-order valence-electron chi connectivity index (χ2n) is 3.19. The van der Waals surface area contributed by atoms with Crippen molar-refractivity contribution < 1.29 is 14.7 Å². The van der Waals surface area contributed by atoms with E-state index in [0.717, 1.165) is 11.4 Å². The molecule has 18 heavy (non-hydrogen) atoms. The summed E-state index contributed by atoms with van der Waals surface area (Å²) in [4.78, 5) is 4.20. The molecule has 0 atom stereocenters. The molecule has 0 unspecified atom stereocenters. The van der Waals surface area contributed by atoms with Crippen molar-refractivity contribution in [3.8, 4) is 0 Å². The Morgan fingerprint density at radius 1 is 0.944 bits per heavy atom. The van der Waals surface area contributed by atoms with Gasteiger partial charge in [-0.2, -0.15) is 0 Å². The summed E-state index contributed by atoms with van der Waals surface area (Å²) in [6, 6.07) is 15.8. The molecule has 94 valence electrons. The molecule has 2 nitrogen and oxygen atoms in total. The van der Waals surface area contributed by atoms with E-state index in [0.29, 0.717) is 6.54 Å². The zero-order chi connectivity index (χ0) is 13.2. The van der Waals surface area contributed by atoms with Crippen molar-refractivity contribution in [1.29, 1.82) is 0 Å². The van der Waals surface area contributed by atoms with Crippen LogP contribution in [0.2, 0.25) is 0 Å². The fourth-order valence-corrected chi connectivity index (χ4v) is 1.20. The van der Waals surface area contributed by atoms with E-state index in [9.17, 15) is 0 Å². The number of rotatable bonds is 3. The number of halogens is 3. The molecular weight excluding hydrogens is 326 g/mol. The molecule has 2 aromatic rings. The third-order valence-corrected chi connectivity index (χ3v) is 1.91. The van der Waals surface area contributed by atoms with Crippen LogP contribution in [-0.2, 0) is 21.2 Å². The zero-order valence-corrected chi connectivity index (χ0v) is 13.3. The van der Waals surface area contributed by atoms with Gasteiger partial charge in [0.1, 0.15) is 0 Å². The molecule has 0 N–H and O–H groups in total. The molecule has 6 heteroatoms. The molecular formula is C12H11Cl3N2Ti. The number of aromatic nitrogens is 1. The van der Waals surface area contributed by atoms with Gasteiger partial charge in [-0.25, -0.2) is 0 Å². The minimum absolute atomic E-state index is 0.644. The van der Waals surface area contributed by atoms with E-state index >= 15 is 0 Å². The van der Waals surface area contributed by atoms with Crippen molar-refractivity contribution in [1.82, 2.24) is 4.98 Å². The first-order valence-electron chi connectivity index (χ1n) is 5.14. The van der Waals surface area contributed by atoms with Crippen LogP contribution in [-0.4, -0.2) is 4.98 Å². The second kappa shape index (κ2) is 9.65. The van der Waals surface area contributed by atoms with Gasteiger partial charge in [-0.3, -0.25) is 4.98 Å². The van der Waals surface area contributed by atoms with Gasteiger partial charge in [-0.05, 0) is 12.1 Å². The van der Waals surface area contributed by atoms with Gasteiger partial charge >= 0.3 is 42.6 Å². The second-order valence-corrected chi connectivity index (χ2v) is 10.9. The number of para-hydroxylation sites is 1. The van der Waals surface area contributed by atoms with Crippen molar-refractivity contribution in [3.05, 3.63) is 65.7 Å². The van der Waals surface area contributed by atoms with Crippen molar-refractivity contribution in [2.24, 2.45) is 0 Å². The van der Waals surface area contributed by atoms with Crippen LogP contribution < -0.4 is 0 Å². The van der Waals surface area contributed by atoms with Crippen LogP contribution in [0.15, 0.2) is 54.7 Å². The van der Waals surface area contributed by atoms with E-state index in [1.54, 1.807) is 6.20 Å². The zero-order valence-electron chi connectivity index (χ0n) is 9.43. The van der Waals surface area contributed by atoms with Crippen LogP contribution in [0.25, 0.3) is 5.32 Å². The Labute approximate surface area is 125 Å². The molecule has 1 aromatic carbocycles. The summed E-state index contributed by atoms with van der Waals surface area (Å²) in [6.07, 6.45) is 1.79. The summed E-state index contributed by atoms with van der Waals surface area (Å²) in [5.41, 5.74) is 1.99. The Hall–Kier alpha value is -0.246. The normalized spacial score (nSPS) is 9.06. The van der Waals surface area contributed by atoms with Crippen molar-refractivity contribution in [2.75, 3.05) is 0 Å². The summed E-state index contributed by atoms with van der Waals surface area (Å²) in [6.45, 7) is 0.644. The number of hydrogen-bond acceptors (Lipinski definition) is 1. The van der Waals surface area contributed by atoms with Gasteiger partial charge in [0.05, 0.1) is 0 Å². The number of pyridine rings is 1. The molecule has 0 fully saturated rings. The Morgan fingerprint density at radius 2 is 1.56 bits per heavy atom. The van der Waals surface area contributed by atoms with E-state index in [4.69, 9.17) is 27.9 Å². The first kappa shape index (κ1) is 15.8. The third-order valence-electron chi connectivity index (χ3n) is 1.91. The van der Waals surface area contributed by atoms with Crippen LogP contribution in [0.4, 0.5) is 5.69 Å². The van der Waals surface area contributed by atoms with Crippen LogP contribution in [0.5, 0.6) is 0 Å². The van der Waals surface area contributed by atoms with Gasteiger partial charge in [0, 0.05) is 11.9 Å². The van der Waals surface area contributed by atoms with Crippen LogP contribution in [0.3, 0.4) is 0 Å². The summed E-state index contributed by atoms with van der Waals surface area (Å²) in [7, 11) is 14.9. The van der Waals surface area contributed by atoms with Crippen molar-refractivity contribution in [3.63, 3.8) is 0 Å². The molecule has 0 aliphatic heterocycles. The van der Waals surface area contributed by atoms with Gasteiger partial charge in [-0.15, -0.1) is 5.69 Å². The van der Waals surface area contributed by atoms with Crippen LogP contribution in [0, 0.1) is 0 Å². The van der Waals surface area contributed by atoms with Crippen LogP contribution in [0.1, 0.15) is 5.69 Å². The molecule has 0 bridgehead atoms. The minimum Gasteiger partial charge on any atom is -0.679 e. The Bertz CT molecular complexity index is 384. The van der Waals surface area contributed by atoms with Crippen LogP contribution >= 0.6 is 27.9 Å². The summed E-state index contributed by atoms with van der Waals surface area (Å²) in [5.74, 6) is 0. The predicted octanol–water partition coefficient (Wildman–Crippen LogP) is 5.35. The average molecular weight is 337 g/mol. The van der Waals surface area contributed by atoms with E-state index in [-0.39, 0.29) is 0 Å². The van der Waals surface area contributed by atoms with Gasteiger partial charge < -0.3 is 5.32 Å². The molecule has 0 radical (unpaired) electrons. The monoisotopic (exact) mass is 336 g/mol. The predicted molar refractivity (Wildman–Crippen MR) is 75.0 cm³/mol. The first-order valence-corrected chi connectivity index (χ1v) is 11.6. The van der Waals surface area contributed by atoms with Gasteiger partial charge in [0.25, 0.3) is 0 Å². The molecule has 1 aromatic heterocycles. The summed E-state index contributed by atoms with van der Waals surface area (Å²) >= 11 is -1.92. The first-order chi connectivity index (χ1) is 8.68. The number of nitrogens with zero attached hydrogens (tertiary/aromatic N) is 2. The number of hydrogen-bond donors (Lipinski definition) is 0. The molecule has 0 spiro atoms. The largest absolute Gasteiger partial charge is 0.679 e. The standard InChI is InChI=1S/C12H11N2.3ClH.Ti/c1-2-6-11(7-3-1)14-10-12-8-4-5-9-13-12;;;;/h1-9H,10H2;3*1H;/q-1;;;;+4/p-3. The molecule has 0 amide bonds. The number of benzene rings is 1. The molecule has 1 heterocycles. The van der Waals surface area contributed by atoms with Gasteiger partial charge in [-0.1, -0.05) is 42.9 Å². The summed E-state index contributed by atoms with van der Waals surface area (Å²) < 4.78 is 0. The maximum Gasteiger partial charge on any atom is 0.0270 e. The van der Waals surface area contributed by atoms with E-state index in [2.05, 4.69) is 10.3 Å². The Morgan fingerprint density at radius 3 is 2.11 bits per heavy atom. The molecule has 0 aliphatic rings. The van der Waals surface area contributed by atoms with Crippen molar-refractivity contribution in [2.45, 2.75) is 6.54 Å². The average Bonchev–Trinajstić information content (AvgIpc) is 2.38. The van der Waals surface area contributed by atoms with Crippen molar-refractivity contribution >= 4 is 33.6 Å². The van der Waals surface area contributed by atoms with E-state index in [1.807, 2.05) is 48.5 Å². The Kier molecular flexibility index (Phi) is 8.48. The molecule has 0 saturated heterocycles. The Balaban J connectivity index is 0.000000357. The van der Waals surface area contributed by atoms with E-state index in [1.165, 1.54) is 0 Å². The maximum absolute atomic E-state index is 4.97. The topological polar surface area (TPSA) is 27.0 Å². The van der Waals surface area contributed by atoms with E-state index < -0.39 is 14.7 Å². The minimum atomic E-state index is -1.92. The third kappa shape index (κ3) is 7.96. The maximum atomic E-state index is 4.97. The molecule has 0 aliphatic carbocycles. The van der Waals surface area contributed by atoms with Gasteiger partial charge in [0.15, 0.2) is 0 Å². The fourth-order valence-electron chi connectivity index (χ4n) is 1.20. The fraction of sp³-hybridized carbons (Fsp3) is 0.0833. The molecule has 2 rings (SSSR count).